The summed E-state index contributed by atoms with van der Waals surface area (Å²) >= 11 is 1.71. The molecular formula is C18H15N3OS. The first-order valence-electron chi connectivity index (χ1n) is 7.49. The minimum atomic E-state index is 0.0840. The molecule has 4 rings (SSSR count). The number of hydrogen-bond donors (Lipinski definition) is 0. The molecule has 0 saturated heterocycles. The van der Waals surface area contributed by atoms with E-state index in [4.69, 9.17) is 0 Å². The average molecular weight is 321 g/mol. The predicted molar refractivity (Wildman–Crippen MR) is 91.0 cm³/mol. The number of rotatable bonds is 3. The smallest absolute Gasteiger partial charge is 0.233 e. The van der Waals surface area contributed by atoms with Crippen LogP contribution in [0.25, 0.3) is 0 Å². The van der Waals surface area contributed by atoms with Crippen LogP contribution in [0.15, 0.2) is 76.8 Å². The molecule has 0 spiro atoms. The molecule has 0 aliphatic carbocycles. The second-order valence-corrected chi connectivity index (χ2v) is 6.37. The fourth-order valence-corrected chi connectivity index (χ4v) is 3.79. The van der Waals surface area contributed by atoms with Gasteiger partial charge in [0, 0.05) is 35.2 Å². The highest BCUT2D eigenvalue weighted by atomic mass is 32.2. The Labute approximate surface area is 138 Å². The van der Waals surface area contributed by atoms with Gasteiger partial charge in [0.1, 0.15) is 0 Å². The third kappa shape index (κ3) is 2.64. The summed E-state index contributed by atoms with van der Waals surface area (Å²) in [6.07, 6.45) is 4.02. The lowest BCUT2D eigenvalue weighted by Crippen LogP contribution is -2.29. The Morgan fingerprint density at radius 2 is 1.61 bits per heavy atom. The number of nitrogens with zero attached hydrogens (tertiary/aromatic N) is 3. The molecule has 4 nitrogen and oxygen atoms in total. The summed E-state index contributed by atoms with van der Waals surface area (Å²) in [5.41, 5.74) is 1.92. The molecule has 0 N–H and O–H groups in total. The van der Waals surface area contributed by atoms with Crippen LogP contribution < -0.4 is 4.90 Å². The Bertz CT molecular complexity index is 799. The Hall–Kier alpha value is -2.53. The second kappa shape index (κ2) is 5.93. The van der Waals surface area contributed by atoms with Crippen LogP contribution >= 0.6 is 11.8 Å². The quantitative estimate of drug-likeness (QED) is 0.729. The fourth-order valence-electron chi connectivity index (χ4n) is 2.73. The molecule has 0 saturated carbocycles. The number of carbonyl (C=O) groups is 1. The normalized spacial score (nSPS) is 12.6. The first-order valence-corrected chi connectivity index (χ1v) is 8.31. The maximum atomic E-state index is 12.9. The summed E-state index contributed by atoms with van der Waals surface area (Å²) in [5.74, 6) is 0.0840. The van der Waals surface area contributed by atoms with Crippen molar-refractivity contribution >= 4 is 29.0 Å². The number of benzene rings is 2. The van der Waals surface area contributed by atoms with Crippen molar-refractivity contribution in [2.45, 2.75) is 22.8 Å². The predicted octanol–water partition coefficient (Wildman–Crippen LogP) is 4.10. The minimum Gasteiger partial charge on any atom is -0.279 e. The molecule has 2 heterocycles. The summed E-state index contributed by atoms with van der Waals surface area (Å²) in [4.78, 5) is 17.0. The van der Waals surface area contributed by atoms with E-state index >= 15 is 0 Å². The molecule has 114 valence electrons. The van der Waals surface area contributed by atoms with Gasteiger partial charge >= 0.3 is 0 Å². The highest BCUT2D eigenvalue weighted by Crippen LogP contribution is 2.47. The van der Waals surface area contributed by atoms with Crippen LogP contribution in [0.3, 0.4) is 0 Å². The zero-order valence-corrected chi connectivity index (χ0v) is 13.2. The van der Waals surface area contributed by atoms with Gasteiger partial charge in [-0.3, -0.25) is 14.4 Å². The molecule has 0 fully saturated rings. The van der Waals surface area contributed by atoms with Crippen LogP contribution in [0.5, 0.6) is 0 Å². The Morgan fingerprint density at radius 3 is 2.22 bits per heavy atom. The van der Waals surface area contributed by atoms with Crippen molar-refractivity contribution in [2.24, 2.45) is 0 Å². The van der Waals surface area contributed by atoms with Gasteiger partial charge in [-0.2, -0.15) is 5.10 Å². The van der Waals surface area contributed by atoms with E-state index in [0.29, 0.717) is 13.0 Å². The van der Waals surface area contributed by atoms with Gasteiger partial charge in [0.05, 0.1) is 11.4 Å². The summed E-state index contributed by atoms with van der Waals surface area (Å²) in [6, 6.07) is 18.0. The van der Waals surface area contributed by atoms with Crippen molar-refractivity contribution in [3.63, 3.8) is 0 Å². The largest absolute Gasteiger partial charge is 0.279 e. The number of fused-ring (bicyclic) bond motifs is 2. The van der Waals surface area contributed by atoms with Gasteiger partial charge in [0.25, 0.3) is 0 Å². The van der Waals surface area contributed by atoms with E-state index in [1.165, 1.54) is 0 Å². The topological polar surface area (TPSA) is 38.1 Å². The number of aryl methyl sites for hydroxylation is 1. The number of hydrogen-bond acceptors (Lipinski definition) is 3. The lowest BCUT2D eigenvalue weighted by Gasteiger charge is -2.31. The third-order valence-electron chi connectivity index (χ3n) is 3.80. The van der Waals surface area contributed by atoms with E-state index in [1.807, 2.05) is 53.6 Å². The Kier molecular flexibility index (Phi) is 3.63. The molecule has 0 unspecified atom stereocenters. The molecule has 1 aliphatic rings. The maximum Gasteiger partial charge on any atom is 0.233 e. The molecular weight excluding hydrogens is 306 g/mol. The van der Waals surface area contributed by atoms with Gasteiger partial charge in [0.2, 0.25) is 5.91 Å². The number of carbonyl (C=O) groups excluding carboxylic acids is 1. The van der Waals surface area contributed by atoms with Crippen LogP contribution in [0.2, 0.25) is 0 Å². The van der Waals surface area contributed by atoms with Crippen LogP contribution in [0, 0.1) is 0 Å². The lowest BCUT2D eigenvalue weighted by atomic mass is 10.2. The molecule has 23 heavy (non-hydrogen) atoms. The molecule has 1 amide bonds. The van der Waals surface area contributed by atoms with Gasteiger partial charge in [-0.25, -0.2) is 0 Å². The molecule has 0 bridgehead atoms. The Morgan fingerprint density at radius 1 is 0.957 bits per heavy atom. The van der Waals surface area contributed by atoms with Crippen molar-refractivity contribution < 1.29 is 4.79 Å². The maximum absolute atomic E-state index is 12.9. The van der Waals surface area contributed by atoms with Gasteiger partial charge in [0.15, 0.2) is 0 Å². The van der Waals surface area contributed by atoms with E-state index in [1.54, 1.807) is 22.6 Å². The number of para-hydroxylation sites is 2. The van der Waals surface area contributed by atoms with Crippen LogP contribution in [-0.2, 0) is 11.3 Å². The summed E-state index contributed by atoms with van der Waals surface area (Å²) in [5, 5.41) is 4.16. The Balaban J connectivity index is 1.68. The minimum absolute atomic E-state index is 0.0840. The molecule has 1 aliphatic heterocycles. The highest BCUT2D eigenvalue weighted by molar-refractivity contribution is 7.99. The first kappa shape index (κ1) is 14.1. The standard InChI is InChI=1S/C18H15N3OS/c22-18(10-13-20-12-5-11-19-20)21-14-6-1-3-8-16(14)23-17-9-4-2-7-15(17)21/h1-9,11-12H,10,13H2. The fraction of sp³-hybridized carbons (Fsp3) is 0.111. The molecule has 0 atom stereocenters. The van der Waals surface area contributed by atoms with Crippen LogP contribution in [0.4, 0.5) is 11.4 Å². The van der Waals surface area contributed by atoms with Gasteiger partial charge < -0.3 is 0 Å². The SMILES string of the molecule is O=C(CCn1cccn1)N1c2ccccc2Sc2ccccc21. The van der Waals surface area contributed by atoms with Crippen LogP contribution in [-0.4, -0.2) is 15.7 Å². The summed E-state index contributed by atoms with van der Waals surface area (Å²) in [7, 11) is 0. The monoisotopic (exact) mass is 321 g/mol. The van der Waals surface area contributed by atoms with E-state index in [2.05, 4.69) is 17.2 Å². The number of anilines is 2. The zero-order valence-electron chi connectivity index (χ0n) is 12.4. The first-order chi connectivity index (χ1) is 11.3. The van der Waals surface area contributed by atoms with Gasteiger partial charge in [-0.15, -0.1) is 0 Å². The molecule has 3 aromatic rings. The van der Waals surface area contributed by atoms with Gasteiger partial charge in [-0.05, 0) is 30.3 Å². The van der Waals surface area contributed by atoms with E-state index in [0.717, 1.165) is 21.2 Å². The summed E-state index contributed by atoms with van der Waals surface area (Å²) in [6.45, 7) is 0.583. The number of amides is 1. The third-order valence-corrected chi connectivity index (χ3v) is 4.93. The zero-order chi connectivity index (χ0) is 15.6. The van der Waals surface area contributed by atoms with Crippen molar-refractivity contribution in [1.29, 1.82) is 0 Å². The lowest BCUT2D eigenvalue weighted by molar-refractivity contribution is -0.118. The van der Waals surface area contributed by atoms with E-state index in [-0.39, 0.29) is 5.91 Å². The molecule has 0 radical (unpaired) electrons. The number of aromatic nitrogens is 2. The average Bonchev–Trinajstić information content (AvgIpc) is 3.11. The van der Waals surface area contributed by atoms with E-state index < -0.39 is 0 Å². The van der Waals surface area contributed by atoms with Crippen molar-refractivity contribution in [1.82, 2.24) is 9.78 Å². The van der Waals surface area contributed by atoms with Crippen LogP contribution in [0.1, 0.15) is 6.42 Å². The van der Waals surface area contributed by atoms with Crippen molar-refractivity contribution in [3.8, 4) is 0 Å². The van der Waals surface area contributed by atoms with Crippen molar-refractivity contribution in [3.05, 3.63) is 67.0 Å². The highest BCUT2D eigenvalue weighted by Gasteiger charge is 2.27. The van der Waals surface area contributed by atoms with E-state index in [9.17, 15) is 4.79 Å². The molecule has 5 heteroatoms. The van der Waals surface area contributed by atoms with Crippen molar-refractivity contribution in [2.75, 3.05) is 4.90 Å². The summed E-state index contributed by atoms with van der Waals surface area (Å²) < 4.78 is 1.79. The molecule has 1 aromatic heterocycles. The van der Waals surface area contributed by atoms with Gasteiger partial charge in [-0.1, -0.05) is 36.0 Å². The second-order valence-electron chi connectivity index (χ2n) is 5.29. The molecule has 2 aromatic carbocycles.